The first-order valence-corrected chi connectivity index (χ1v) is 5.27. The molecule has 0 atom stereocenters. The molecular weight excluding hydrogens is 262 g/mol. The van der Waals surface area contributed by atoms with Crippen molar-refractivity contribution >= 4 is 5.69 Å². The molecule has 0 spiro atoms. The van der Waals surface area contributed by atoms with Gasteiger partial charge in [-0.15, -0.1) is 0 Å². The van der Waals surface area contributed by atoms with Gasteiger partial charge in [0.1, 0.15) is 5.75 Å². The van der Waals surface area contributed by atoms with Crippen LogP contribution in [0.5, 0.6) is 11.5 Å². The van der Waals surface area contributed by atoms with Crippen LogP contribution in [0.25, 0.3) is 0 Å². The Kier molecular flexibility index (Phi) is 3.33. The van der Waals surface area contributed by atoms with E-state index in [1.54, 1.807) is 0 Å². The molecule has 2 aromatic carbocycles. The molecule has 0 aliphatic rings. The summed E-state index contributed by atoms with van der Waals surface area (Å²) in [6.45, 7) is 0. The maximum atomic E-state index is 13.3. The molecular formula is C13H9F4NO. The Labute approximate surface area is 106 Å². The summed E-state index contributed by atoms with van der Waals surface area (Å²) in [5, 5.41) is 0. The number of benzene rings is 2. The molecule has 0 aliphatic carbocycles. The SMILES string of the molecule is Nc1ccc(Oc2ccccc2F)cc1C(F)(F)F. The number of nitrogen functional groups attached to an aromatic ring is 1. The number of hydrogen-bond acceptors (Lipinski definition) is 2. The van der Waals surface area contributed by atoms with Crippen molar-refractivity contribution in [3.05, 3.63) is 53.8 Å². The highest BCUT2D eigenvalue weighted by atomic mass is 19.4. The smallest absolute Gasteiger partial charge is 0.418 e. The van der Waals surface area contributed by atoms with Crippen molar-refractivity contribution in [2.75, 3.05) is 5.73 Å². The van der Waals surface area contributed by atoms with Crippen molar-refractivity contribution in [1.29, 1.82) is 0 Å². The molecule has 100 valence electrons. The topological polar surface area (TPSA) is 35.2 Å². The van der Waals surface area contributed by atoms with E-state index in [2.05, 4.69) is 0 Å². The van der Waals surface area contributed by atoms with E-state index >= 15 is 0 Å². The zero-order chi connectivity index (χ0) is 14.0. The van der Waals surface area contributed by atoms with E-state index in [-0.39, 0.29) is 11.5 Å². The molecule has 2 aromatic rings. The molecule has 0 heterocycles. The van der Waals surface area contributed by atoms with Gasteiger partial charge >= 0.3 is 6.18 Å². The molecule has 2 nitrogen and oxygen atoms in total. The molecule has 0 aliphatic heterocycles. The quantitative estimate of drug-likeness (QED) is 0.655. The van der Waals surface area contributed by atoms with Crippen molar-refractivity contribution in [2.45, 2.75) is 6.18 Å². The van der Waals surface area contributed by atoms with Crippen LogP contribution in [0.4, 0.5) is 23.2 Å². The van der Waals surface area contributed by atoms with Crippen molar-refractivity contribution in [3.8, 4) is 11.5 Å². The third kappa shape index (κ3) is 2.96. The molecule has 0 saturated heterocycles. The third-order valence-corrected chi connectivity index (χ3v) is 2.39. The van der Waals surface area contributed by atoms with E-state index < -0.39 is 23.2 Å². The number of nitrogens with two attached hydrogens (primary N) is 1. The normalized spacial score (nSPS) is 11.4. The predicted molar refractivity (Wildman–Crippen MR) is 62.3 cm³/mol. The minimum atomic E-state index is -4.58. The van der Waals surface area contributed by atoms with Gasteiger partial charge in [-0.1, -0.05) is 12.1 Å². The predicted octanol–water partition coefficient (Wildman–Crippen LogP) is 4.22. The fourth-order valence-electron chi connectivity index (χ4n) is 1.50. The molecule has 0 bridgehead atoms. The lowest BCUT2D eigenvalue weighted by atomic mass is 10.1. The molecule has 2 N–H and O–H groups in total. The Morgan fingerprint density at radius 3 is 2.32 bits per heavy atom. The van der Waals surface area contributed by atoms with Gasteiger partial charge in [-0.2, -0.15) is 13.2 Å². The number of rotatable bonds is 2. The molecule has 0 amide bonds. The minimum Gasteiger partial charge on any atom is -0.454 e. The first-order valence-electron chi connectivity index (χ1n) is 5.27. The van der Waals surface area contributed by atoms with E-state index in [4.69, 9.17) is 10.5 Å². The number of para-hydroxylation sites is 1. The maximum absolute atomic E-state index is 13.3. The molecule has 0 saturated carbocycles. The largest absolute Gasteiger partial charge is 0.454 e. The number of anilines is 1. The lowest BCUT2D eigenvalue weighted by Gasteiger charge is -2.12. The molecule has 19 heavy (non-hydrogen) atoms. The van der Waals surface area contributed by atoms with Crippen LogP contribution in [-0.4, -0.2) is 0 Å². The summed E-state index contributed by atoms with van der Waals surface area (Å²) in [4.78, 5) is 0. The Morgan fingerprint density at radius 1 is 1.00 bits per heavy atom. The summed E-state index contributed by atoms with van der Waals surface area (Å²) in [7, 11) is 0. The molecule has 6 heteroatoms. The van der Waals surface area contributed by atoms with Crippen LogP contribution in [0, 0.1) is 5.82 Å². The zero-order valence-electron chi connectivity index (χ0n) is 9.54. The second-order valence-corrected chi connectivity index (χ2v) is 3.78. The van der Waals surface area contributed by atoms with Gasteiger partial charge in [0.05, 0.1) is 5.56 Å². The van der Waals surface area contributed by atoms with Gasteiger partial charge in [-0.05, 0) is 30.3 Å². The number of alkyl halides is 3. The Morgan fingerprint density at radius 2 is 1.68 bits per heavy atom. The summed E-state index contributed by atoms with van der Waals surface area (Å²) in [5.74, 6) is -0.945. The summed E-state index contributed by atoms with van der Waals surface area (Å²) in [6.07, 6.45) is -4.58. The number of halogens is 4. The lowest BCUT2D eigenvalue weighted by molar-refractivity contribution is -0.137. The first kappa shape index (κ1) is 13.2. The van der Waals surface area contributed by atoms with E-state index in [9.17, 15) is 17.6 Å². The fourth-order valence-corrected chi connectivity index (χ4v) is 1.50. The monoisotopic (exact) mass is 271 g/mol. The average Bonchev–Trinajstić information content (AvgIpc) is 2.33. The highest BCUT2D eigenvalue weighted by Crippen LogP contribution is 2.36. The zero-order valence-corrected chi connectivity index (χ0v) is 9.54. The van der Waals surface area contributed by atoms with Crippen LogP contribution in [-0.2, 0) is 6.18 Å². The van der Waals surface area contributed by atoms with Gasteiger partial charge in [0, 0.05) is 5.69 Å². The third-order valence-electron chi connectivity index (χ3n) is 2.39. The number of ether oxygens (including phenoxy) is 1. The van der Waals surface area contributed by atoms with E-state index in [0.717, 1.165) is 18.2 Å². The second-order valence-electron chi connectivity index (χ2n) is 3.78. The van der Waals surface area contributed by atoms with Crippen LogP contribution in [0.2, 0.25) is 0 Å². The average molecular weight is 271 g/mol. The number of hydrogen-bond donors (Lipinski definition) is 1. The van der Waals surface area contributed by atoms with Gasteiger partial charge in [-0.3, -0.25) is 0 Å². The molecule has 0 radical (unpaired) electrons. The van der Waals surface area contributed by atoms with E-state index in [1.165, 1.54) is 24.3 Å². The summed E-state index contributed by atoms with van der Waals surface area (Å²) < 4.78 is 56.3. The summed E-state index contributed by atoms with van der Waals surface area (Å²) in [5.41, 5.74) is 3.83. The Bertz CT molecular complexity index is 595. The second kappa shape index (κ2) is 4.79. The molecule has 0 aromatic heterocycles. The first-order chi connectivity index (χ1) is 8.88. The van der Waals surface area contributed by atoms with Gasteiger partial charge < -0.3 is 10.5 Å². The van der Waals surface area contributed by atoms with Crippen LogP contribution < -0.4 is 10.5 Å². The summed E-state index contributed by atoms with van der Waals surface area (Å²) >= 11 is 0. The highest BCUT2D eigenvalue weighted by molar-refractivity contribution is 5.52. The van der Waals surface area contributed by atoms with Crippen LogP contribution in [0.3, 0.4) is 0 Å². The maximum Gasteiger partial charge on any atom is 0.418 e. The van der Waals surface area contributed by atoms with Gasteiger partial charge in [0.25, 0.3) is 0 Å². The standard InChI is InChI=1S/C13H9F4NO/c14-10-3-1-2-4-12(10)19-8-5-6-11(18)9(7-8)13(15,16)17/h1-7H,18H2. The van der Waals surface area contributed by atoms with E-state index in [0.29, 0.717) is 0 Å². The lowest BCUT2D eigenvalue weighted by Crippen LogP contribution is -2.08. The van der Waals surface area contributed by atoms with Gasteiger partial charge in [-0.25, -0.2) is 4.39 Å². The minimum absolute atomic E-state index is 0.133. The van der Waals surface area contributed by atoms with Crippen molar-refractivity contribution in [2.24, 2.45) is 0 Å². The highest BCUT2D eigenvalue weighted by Gasteiger charge is 2.33. The fraction of sp³-hybridized carbons (Fsp3) is 0.0769. The van der Waals surface area contributed by atoms with Crippen molar-refractivity contribution < 1.29 is 22.3 Å². The Hall–Kier alpha value is -2.24. The van der Waals surface area contributed by atoms with Crippen LogP contribution in [0.15, 0.2) is 42.5 Å². The molecule has 0 unspecified atom stereocenters. The molecule has 0 fully saturated rings. The van der Waals surface area contributed by atoms with Crippen molar-refractivity contribution in [3.63, 3.8) is 0 Å². The Balaban J connectivity index is 2.35. The van der Waals surface area contributed by atoms with Crippen LogP contribution in [0.1, 0.15) is 5.56 Å². The van der Waals surface area contributed by atoms with Gasteiger partial charge in [0.2, 0.25) is 0 Å². The van der Waals surface area contributed by atoms with Gasteiger partial charge in [0.15, 0.2) is 11.6 Å². The van der Waals surface area contributed by atoms with E-state index in [1.807, 2.05) is 0 Å². The molecule has 2 rings (SSSR count). The van der Waals surface area contributed by atoms with Crippen molar-refractivity contribution in [1.82, 2.24) is 0 Å². The summed E-state index contributed by atoms with van der Waals surface area (Å²) in [6, 6.07) is 8.49. The van der Waals surface area contributed by atoms with Crippen LogP contribution >= 0.6 is 0 Å².